The Balaban J connectivity index is 0.000000441. The molecule has 0 aromatic heterocycles. The van der Waals surface area contributed by atoms with Gasteiger partial charge in [-0.05, 0) is 30.4 Å². The van der Waals surface area contributed by atoms with E-state index in [1.54, 1.807) is 18.4 Å². The minimum atomic E-state index is -2.74. The molecule has 0 radical (unpaired) electrons. The highest BCUT2D eigenvalue weighted by atomic mass is 32.7. The Labute approximate surface area is 121 Å². The van der Waals surface area contributed by atoms with E-state index in [0.717, 1.165) is 16.9 Å². The van der Waals surface area contributed by atoms with Crippen LogP contribution in [0.3, 0.4) is 0 Å². The van der Waals surface area contributed by atoms with Gasteiger partial charge in [0, 0.05) is 7.11 Å². The Morgan fingerprint density at radius 3 is 2.25 bits per heavy atom. The number of aliphatic carboxylic acids is 1. The van der Waals surface area contributed by atoms with Crippen LogP contribution in [0, 0.1) is 0 Å². The van der Waals surface area contributed by atoms with Gasteiger partial charge < -0.3 is 20.5 Å². The maximum atomic E-state index is 10.5. The number of hydrogen-bond donors (Lipinski definition) is 4. The monoisotopic (exact) mass is 322 g/mol. The topological polar surface area (TPSA) is 136 Å². The number of carboxylic acid groups (broad SMARTS) is 1. The second-order valence-electron chi connectivity index (χ2n) is 3.72. The average Bonchev–Trinajstić information content (AvgIpc) is 2.42. The van der Waals surface area contributed by atoms with Crippen LogP contribution in [0.25, 0.3) is 0 Å². The summed E-state index contributed by atoms with van der Waals surface area (Å²) in [6.45, 7) is -2.74. The van der Waals surface area contributed by atoms with Crippen molar-refractivity contribution in [3.8, 4) is 5.75 Å². The number of carboxylic acids is 1. The average molecular weight is 322 g/mol. The molecule has 0 saturated heterocycles. The second-order valence-corrected chi connectivity index (χ2v) is 8.15. The molecular weight excluding hydrogens is 303 g/mol. The Hall–Kier alpha value is -1.05. The summed E-state index contributed by atoms with van der Waals surface area (Å²) in [6, 6.07) is 5.42. The van der Waals surface area contributed by atoms with Crippen LogP contribution < -0.4 is 11.2 Å². The molecule has 2 atom stereocenters. The van der Waals surface area contributed by atoms with Crippen molar-refractivity contribution >= 4 is 24.1 Å². The van der Waals surface area contributed by atoms with Crippen molar-refractivity contribution in [2.45, 2.75) is 12.5 Å². The van der Waals surface area contributed by atoms with Crippen molar-refractivity contribution < 1.29 is 24.1 Å². The number of aromatic hydroxyl groups is 1. The number of hydrogen-bond acceptors (Lipinski definition) is 6. The van der Waals surface area contributed by atoms with Crippen LogP contribution in [0.4, 0.5) is 0 Å². The molecule has 1 aromatic rings. The first-order valence-electron chi connectivity index (χ1n) is 5.48. The zero-order valence-electron chi connectivity index (χ0n) is 11.2. The quantitative estimate of drug-likeness (QED) is 0.597. The van der Waals surface area contributed by atoms with E-state index >= 15 is 0 Å². The van der Waals surface area contributed by atoms with Crippen LogP contribution in [0.15, 0.2) is 24.3 Å². The highest BCUT2D eigenvalue weighted by Gasteiger charge is 2.11. The van der Waals surface area contributed by atoms with Crippen molar-refractivity contribution in [2.24, 2.45) is 11.2 Å². The van der Waals surface area contributed by atoms with Crippen molar-refractivity contribution in [3.63, 3.8) is 0 Å². The predicted octanol–water partition coefficient (Wildman–Crippen LogP) is 1.41. The maximum absolute atomic E-state index is 10.5. The summed E-state index contributed by atoms with van der Waals surface area (Å²) in [5.41, 5.74) is 11.1. The van der Waals surface area contributed by atoms with Gasteiger partial charge in [0.1, 0.15) is 11.8 Å². The van der Waals surface area contributed by atoms with E-state index < -0.39 is 18.7 Å². The Morgan fingerprint density at radius 2 is 1.95 bits per heavy atom. The van der Waals surface area contributed by atoms with Crippen LogP contribution in [0.1, 0.15) is 5.56 Å². The molecule has 0 bridgehead atoms. The fraction of sp³-hybridized carbons (Fsp3) is 0.364. The zero-order chi connectivity index (χ0) is 15.8. The molecule has 0 aliphatic rings. The molecule has 114 valence electrons. The molecule has 7 nitrogen and oxygen atoms in total. The van der Waals surface area contributed by atoms with Gasteiger partial charge in [0.25, 0.3) is 0 Å². The van der Waals surface area contributed by atoms with Gasteiger partial charge in [-0.25, -0.2) is 0 Å². The fourth-order valence-electron chi connectivity index (χ4n) is 1.05. The third-order valence-corrected chi connectivity index (χ3v) is 5.21. The number of carbonyl (C=O) groups is 1. The summed E-state index contributed by atoms with van der Waals surface area (Å²) in [4.78, 5) is 10.4. The minimum absolute atomic E-state index is 0.160. The lowest BCUT2D eigenvalue weighted by Crippen LogP contribution is -2.32. The lowest BCUT2D eigenvalue weighted by atomic mass is 10.1. The first-order valence-corrected chi connectivity index (χ1v) is 9.00. The van der Waals surface area contributed by atoms with Crippen LogP contribution >= 0.6 is 18.1 Å². The number of benzene rings is 1. The molecule has 0 aliphatic carbocycles. The summed E-state index contributed by atoms with van der Waals surface area (Å²) < 4.78 is 14.9. The standard InChI is InChI=1S/C9H11NO3.C2H8NO2PS/c10-8(9(12)13)5-6-1-3-7(11)4-2-6;1-5-6(3,4)7-2/h1-4,8,11H,5,10H2,(H,12,13);1-2H3,(H2,3,4). The van der Waals surface area contributed by atoms with Crippen molar-refractivity contribution in [2.75, 3.05) is 13.4 Å². The summed E-state index contributed by atoms with van der Waals surface area (Å²) in [6.07, 6.45) is 1.92. The van der Waals surface area contributed by atoms with E-state index in [1.165, 1.54) is 19.2 Å². The molecule has 6 N–H and O–H groups in total. The van der Waals surface area contributed by atoms with Gasteiger partial charge in [0.2, 0.25) is 0 Å². The van der Waals surface area contributed by atoms with Gasteiger partial charge in [-0.2, -0.15) is 0 Å². The molecule has 20 heavy (non-hydrogen) atoms. The van der Waals surface area contributed by atoms with Crippen LogP contribution in [0.5, 0.6) is 5.75 Å². The third-order valence-electron chi connectivity index (χ3n) is 2.22. The lowest BCUT2D eigenvalue weighted by molar-refractivity contribution is -0.138. The van der Waals surface area contributed by atoms with E-state index in [-0.39, 0.29) is 12.2 Å². The number of rotatable bonds is 5. The van der Waals surface area contributed by atoms with Crippen molar-refractivity contribution in [1.29, 1.82) is 0 Å². The molecule has 0 heterocycles. The minimum Gasteiger partial charge on any atom is -0.508 e. The highest BCUT2D eigenvalue weighted by molar-refractivity contribution is 8.55. The Bertz CT molecular complexity index is 460. The van der Waals surface area contributed by atoms with Crippen molar-refractivity contribution in [3.05, 3.63) is 29.8 Å². The van der Waals surface area contributed by atoms with Crippen LogP contribution in [-0.2, 0) is 20.3 Å². The largest absolute Gasteiger partial charge is 0.508 e. The van der Waals surface area contributed by atoms with Gasteiger partial charge >= 0.3 is 12.7 Å². The maximum Gasteiger partial charge on any atom is 0.323 e. The third kappa shape index (κ3) is 8.19. The van der Waals surface area contributed by atoms with E-state index in [1.807, 2.05) is 0 Å². The molecule has 1 rings (SSSR count). The summed E-state index contributed by atoms with van der Waals surface area (Å²) in [7, 11) is 1.33. The molecule has 9 heteroatoms. The fourth-order valence-corrected chi connectivity index (χ4v) is 1.64. The molecule has 0 aliphatic heterocycles. The molecule has 0 fully saturated rings. The molecule has 2 unspecified atom stereocenters. The van der Waals surface area contributed by atoms with Crippen LogP contribution in [-0.4, -0.2) is 35.6 Å². The highest BCUT2D eigenvalue weighted by Crippen LogP contribution is 2.48. The first kappa shape index (κ1) is 18.9. The number of nitrogens with two attached hydrogens (primary N) is 2. The van der Waals surface area contributed by atoms with E-state index in [2.05, 4.69) is 4.52 Å². The normalized spacial score (nSPS) is 14.6. The summed E-state index contributed by atoms with van der Waals surface area (Å²) in [5, 5.41) is 17.5. The molecular formula is C11H19N2O5PS. The van der Waals surface area contributed by atoms with Gasteiger partial charge in [-0.3, -0.25) is 14.9 Å². The smallest absolute Gasteiger partial charge is 0.323 e. The second kappa shape index (κ2) is 8.99. The zero-order valence-corrected chi connectivity index (χ0v) is 12.9. The van der Waals surface area contributed by atoms with Gasteiger partial charge in [0.05, 0.1) is 0 Å². The molecule has 0 spiro atoms. The number of phenolic OH excluding ortho intramolecular Hbond substituents is 1. The van der Waals surface area contributed by atoms with E-state index in [9.17, 15) is 9.36 Å². The van der Waals surface area contributed by atoms with E-state index in [0.29, 0.717) is 0 Å². The summed E-state index contributed by atoms with van der Waals surface area (Å²) in [5.74, 6) is -0.860. The van der Waals surface area contributed by atoms with E-state index in [4.69, 9.17) is 21.5 Å². The van der Waals surface area contributed by atoms with Crippen molar-refractivity contribution in [1.82, 2.24) is 0 Å². The Morgan fingerprint density at radius 1 is 1.45 bits per heavy atom. The first-order chi connectivity index (χ1) is 9.21. The molecule has 0 saturated carbocycles. The lowest BCUT2D eigenvalue weighted by Gasteiger charge is -2.05. The Kier molecular flexibility index (Phi) is 8.52. The molecule has 0 amide bonds. The molecule has 1 aromatic carbocycles. The predicted molar refractivity (Wildman–Crippen MR) is 79.7 cm³/mol. The van der Waals surface area contributed by atoms with Gasteiger partial charge in [-0.15, -0.1) is 0 Å². The van der Waals surface area contributed by atoms with Gasteiger partial charge in [0.15, 0.2) is 0 Å². The SMILES string of the molecule is COP(N)(=O)SC.NC(Cc1ccc(O)cc1)C(=O)O. The van der Waals surface area contributed by atoms with Gasteiger partial charge in [-0.1, -0.05) is 23.5 Å². The number of phenols is 1. The van der Waals surface area contributed by atoms with Crippen LogP contribution in [0.2, 0.25) is 0 Å². The summed E-state index contributed by atoms with van der Waals surface area (Å²) >= 11 is 1.04.